The maximum atomic E-state index is 4.71. The first-order chi connectivity index (χ1) is 11.9. The van der Waals surface area contributed by atoms with E-state index in [9.17, 15) is 0 Å². The van der Waals surface area contributed by atoms with Gasteiger partial charge in [0.15, 0.2) is 0 Å². The molecule has 0 aliphatic heterocycles. The third-order valence-electron chi connectivity index (χ3n) is 3.70. The summed E-state index contributed by atoms with van der Waals surface area (Å²) in [6, 6.07) is 20.1. The molecule has 0 bridgehead atoms. The van der Waals surface area contributed by atoms with Gasteiger partial charge in [-0.25, -0.2) is 0 Å². The lowest BCUT2D eigenvalue weighted by Gasteiger charge is -2.12. The highest BCUT2D eigenvalue weighted by atomic mass is 15.0. The number of benzene rings is 1. The smallest absolute Gasteiger partial charge is 0.0805 e. The first kappa shape index (κ1) is 16.0. The second-order valence-electron chi connectivity index (χ2n) is 5.47. The van der Waals surface area contributed by atoms with Crippen LogP contribution in [0.3, 0.4) is 0 Å². The van der Waals surface area contributed by atoms with Gasteiger partial charge in [-0.05, 0) is 36.4 Å². The second-order valence-corrected chi connectivity index (χ2v) is 5.47. The number of para-hydroxylation sites is 2. The summed E-state index contributed by atoms with van der Waals surface area (Å²) < 4.78 is 0. The van der Waals surface area contributed by atoms with E-state index in [0.717, 1.165) is 48.7 Å². The minimum absolute atomic E-state index is 0.732. The fraction of sp³-hybridized carbons (Fsp3) is 0.200. The predicted octanol–water partition coefficient (Wildman–Crippen LogP) is 3.61. The number of rotatable bonds is 8. The van der Waals surface area contributed by atoms with Crippen LogP contribution in [0.2, 0.25) is 0 Å². The van der Waals surface area contributed by atoms with Gasteiger partial charge in [0, 0.05) is 49.7 Å². The molecule has 4 heteroatoms. The second kappa shape index (κ2) is 8.67. The Kier molecular flexibility index (Phi) is 5.78. The number of pyridine rings is 2. The van der Waals surface area contributed by atoms with E-state index in [0.29, 0.717) is 0 Å². The molecule has 121 valence electrons. The predicted molar refractivity (Wildman–Crippen MR) is 97.5 cm³/mol. The molecule has 24 heavy (non-hydrogen) atoms. The molecule has 0 unspecified atom stereocenters. The Hall–Kier alpha value is -2.88. The van der Waals surface area contributed by atoms with E-state index in [1.807, 2.05) is 67.0 Å². The SMILES string of the molecule is c1ccc(CC[N]c2ccccc2NCCc2ccccn2)nc1. The van der Waals surface area contributed by atoms with Crippen LogP contribution >= 0.6 is 0 Å². The van der Waals surface area contributed by atoms with Crippen molar-refractivity contribution in [3.8, 4) is 0 Å². The van der Waals surface area contributed by atoms with Crippen LogP contribution in [0.1, 0.15) is 11.4 Å². The average molecular weight is 317 g/mol. The molecule has 0 fully saturated rings. The summed E-state index contributed by atoms with van der Waals surface area (Å²) in [5.41, 5.74) is 4.22. The average Bonchev–Trinajstić information content (AvgIpc) is 2.65. The van der Waals surface area contributed by atoms with Crippen molar-refractivity contribution in [3.05, 3.63) is 84.4 Å². The molecule has 1 radical (unpaired) electrons. The number of hydrogen-bond acceptors (Lipinski definition) is 3. The molecule has 0 spiro atoms. The molecule has 0 saturated carbocycles. The summed E-state index contributed by atoms with van der Waals surface area (Å²) in [6.07, 6.45) is 5.39. The van der Waals surface area contributed by atoms with Crippen LogP contribution in [0.4, 0.5) is 11.4 Å². The molecular weight excluding hydrogens is 296 g/mol. The minimum Gasteiger partial charge on any atom is -0.383 e. The monoisotopic (exact) mass is 317 g/mol. The lowest BCUT2D eigenvalue weighted by molar-refractivity contribution is 0.808. The van der Waals surface area contributed by atoms with E-state index in [1.165, 1.54) is 0 Å². The van der Waals surface area contributed by atoms with Crippen molar-refractivity contribution in [2.45, 2.75) is 12.8 Å². The topological polar surface area (TPSA) is 51.9 Å². The van der Waals surface area contributed by atoms with E-state index in [-0.39, 0.29) is 0 Å². The molecule has 1 N–H and O–H groups in total. The standard InChI is InChI=1S/C20H21N4/c1-2-10-20(24-16-12-18-8-4-6-14-22-18)19(9-1)23-15-11-17-7-3-5-13-21-17/h1-10,13-14,23H,11-12,15-16H2. The summed E-state index contributed by atoms with van der Waals surface area (Å²) in [4.78, 5) is 8.68. The van der Waals surface area contributed by atoms with Crippen molar-refractivity contribution in [2.75, 3.05) is 18.4 Å². The van der Waals surface area contributed by atoms with Gasteiger partial charge in [-0.1, -0.05) is 24.3 Å². The Labute approximate surface area is 143 Å². The van der Waals surface area contributed by atoms with Crippen LogP contribution in [0, 0.1) is 0 Å². The minimum atomic E-state index is 0.732. The third kappa shape index (κ3) is 4.81. The highest BCUT2D eigenvalue weighted by molar-refractivity contribution is 5.64. The van der Waals surface area contributed by atoms with Gasteiger partial charge in [0.1, 0.15) is 0 Å². The molecular formula is C20H21N4. The summed E-state index contributed by atoms with van der Waals surface area (Å²) in [5, 5.41) is 8.17. The number of hydrogen-bond donors (Lipinski definition) is 1. The number of anilines is 1. The molecule has 2 heterocycles. The van der Waals surface area contributed by atoms with E-state index in [2.05, 4.69) is 21.4 Å². The van der Waals surface area contributed by atoms with Gasteiger partial charge in [0.05, 0.1) is 11.4 Å². The van der Waals surface area contributed by atoms with Crippen LogP contribution in [0.5, 0.6) is 0 Å². The Morgan fingerprint density at radius 2 is 1.42 bits per heavy atom. The fourth-order valence-corrected chi connectivity index (χ4v) is 2.47. The molecule has 0 aliphatic rings. The molecule has 3 aromatic rings. The van der Waals surface area contributed by atoms with Gasteiger partial charge in [-0.3, -0.25) is 15.3 Å². The zero-order valence-electron chi connectivity index (χ0n) is 13.6. The molecule has 4 nitrogen and oxygen atoms in total. The van der Waals surface area contributed by atoms with Crippen molar-refractivity contribution >= 4 is 11.4 Å². The van der Waals surface area contributed by atoms with Gasteiger partial charge < -0.3 is 5.32 Å². The Morgan fingerprint density at radius 1 is 0.750 bits per heavy atom. The van der Waals surface area contributed by atoms with E-state index >= 15 is 0 Å². The summed E-state index contributed by atoms with van der Waals surface area (Å²) >= 11 is 0. The lowest BCUT2D eigenvalue weighted by Crippen LogP contribution is -2.10. The third-order valence-corrected chi connectivity index (χ3v) is 3.70. The zero-order chi connectivity index (χ0) is 16.5. The maximum absolute atomic E-state index is 4.71. The van der Waals surface area contributed by atoms with Crippen molar-refractivity contribution in [2.24, 2.45) is 0 Å². The van der Waals surface area contributed by atoms with Crippen LogP contribution in [0.15, 0.2) is 73.1 Å². The molecule has 1 aromatic carbocycles. The first-order valence-corrected chi connectivity index (χ1v) is 8.22. The van der Waals surface area contributed by atoms with Gasteiger partial charge in [0.25, 0.3) is 0 Å². The molecule has 0 amide bonds. The Bertz CT molecular complexity index is 664. The summed E-state index contributed by atoms with van der Waals surface area (Å²) in [6.45, 7) is 1.57. The molecule has 0 saturated heterocycles. The number of nitrogens with zero attached hydrogens (tertiary/aromatic N) is 3. The highest BCUT2D eigenvalue weighted by Crippen LogP contribution is 2.21. The normalized spacial score (nSPS) is 10.3. The van der Waals surface area contributed by atoms with Crippen molar-refractivity contribution in [1.82, 2.24) is 15.3 Å². The zero-order valence-corrected chi connectivity index (χ0v) is 13.6. The largest absolute Gasteiger partial charge is 0.383 e. The van der Waals surface area contributed by atoms with Gasteiger partial charge in [-0.2, -0.15) is 0 Å². The lowest BCUT2D eigenvalue weighted by atomic mass is 10.2. The molecule has 0 aliphatic carbocycles. The summed E-state index contributed by atoms with van der Waals surface area (Å²) in [5.74, 6) is 0. The van der Waals surface area contributed by atoms with E-state index in [1.54, 1.807) is 0 Å². The van der Waals surface area contributed by atoms with Gasteiger partial charge in [-0.15, -0.1) is 0 Å². The van der Waals surface area contributed by atoms with E-state index in [4.69, 9.17) is 5.32 Å². The quantitative estimate of drug-likeness (QED) is 0.690. The molecule has 3 rings (SSSR count). The van der Waals surface area contributed by atoms with Gasteiger partial charge in [0.2, 0.25) is 0 Å². The molecule has 2 aromatic heterocycles. The Morgan fingerprint density at radius 3 is 2.12 bits per heavy atom. The maximum Gasteiger partial charge on any atom is 0.0805 e. The molecule has 0 atom stereocenters. The van der Waals surface area contributed by atoms with Crippen LogP contribution < -0.4 is 10.6 Å². The van der Waals surface area contributed by atoms with Crippen molar-refractivity contribution in [3.63, 3.8) is 0 Å². The van der Waals surface area contributed by atoms with E-state index < -0.39 is 0 Å². The van der Waals surface area contributed by atoms with Gasteiger partial charge >= 0.3 is 0 Å². The summed E-state index contributed by atoms with van der Waals surface area (Å²) in [7, 11) is 0. The van der Waals surface area contributed by atoms with Crippen LogP contribution in [-0.2, 0) is 12.8 Å². The Balaban J connectivity index is 1.51. The van der Waals surface area contributed by atoms with Crippen molar-refractivity contribution in [1.29, 1.82) is 0 Å². The number of aromatic nitrogens is 2. The first-order valence-electron chi connectivity index (χ1n) is 8.22. The fourth-order valence-electron chi connectivity index (χ4n) is 2.47. The van der Waals surface area contributed by atoms with Crippen LogP contribution in [0.25, 0.3) is 0 Å². The number of nitrogens with one attached hydrogen (secondary N) is 1. The highest BCUT2D eigenvalue weighted by Gasteiger charge is 2.03. The van der Waals surface area contributed by atoms with Crippen molar-refractivity contribution < 1.29 is 0 Å². The van der Waals surface area contributed by atoms with Crippen LogP contribution in [-0.4, -0.2) is 23.1 Å².